The monoisotopic (exact) mass is 322 g/mol. The second-order valence-electron chi connectivity index (χ2n) is 4.10. The molecule has 18 heavy (non-hydrogen) atoms. The van der Waals surface area contributed by atoms with Crippen LogP contribution in [0.15, 0.2) is 40.8 Å². The summed E-state index contributed by atoms with van der Waals surface area (Å²) in [6, 6.07) is 7.92. The van der Waals surface area contributed by atoms with Crippen molar-refractivity contribution in [3.63, 3.8) is 0 Å². The molecule has 0 nitrogen and oxygen atoms in total. The second-order valence-corrected chi connectivity index (χ2v) is 6.91. The molecule has 0 saturated carbocycles. The van der Waals surface area contributed by atoms with E-state index in [2.05, 4.69) is 13.0 Å². The van der Waals surface area contributed by atoms with Gasteiger partial charge in [-0.15, -0.1) is 35.0 Å². The Hall–Kier alpha value is 0.180. The molecule has 0 aliphatic rings. The van der Waals surface area contributed by atoms with Crippen LogP contribution in [-0.2, 0) is 0 Å². The maximum absolute atomic E-state index is 5.84. The summed E-state index contributed by atoms with van der Waals surface area (Å²) in [6.07, 6.45) is 5.23. The lowest BCUT2D eigenvalue weighted by Gasteiger charge is -2.03. The largest absolute Gasteiger partial charge is 0.122 e. The van der Waals surface area contributed by atoms with Gasteiger partial charge in [0.15, 0.2) is 0 Å². The number of alkyl halides is 2. The number of hydrogen-bond donors (Lipinski definition) is 0. The third-order valence-electron chi connectivity index (χ3n) is 2.49. The van der Waals surface area contributed by atoms with Crippen LogP contribution in [0.3, 0.4) is 0 Å². The van der Waals surface area contributed by atoms with Gasteiger partial charge >= 0.3 is 0 Å². The van der Waals surface area contributed by atoms with Crippen molar-refractivity contribution in [2.75, 3.05) is 5.75 Å². The molecule has 0 atom stereocenters. The first-order valence-corrected chi connectivity index (χ1v) is 8.13. The molecule has 0 saturated heterocycles. The van der Waals surface area contributed by atoms with E-state index in [0.717, 1.165) is 30.0 Å². The standard InChI is InChI=1S/C14H17Cl3S/c1-11(3-2-4-14(16)17)9-10-18-13-7-5-12(15)6-8-13/h5-9,14H,2-4,10H2,1H3. The van der Waals surface area contributed by atoms with E-state index in [9.17, 15) is 0 Å². The number of hydrogen-bond acceptors (Lipinski definition) is 1. The lowest BCUT2D eigenvalue weighted by molar-refractivity contribution is 0.770. The highest BCUT2D eigenvalue weighted by atomic mass is 35.5. The van der Waals surface area contributed by atoms with Crippen molar-refractivity contribution in [2.24, 2.45) is 0 Å². The minimum Gasteiger partial charge on any atom is -0.122 e. The fraction of sp³-hybridized carbons (Fsp3) is 0.429. The van der Waals surface area contributed by atoms with E-state index >= 15 is 0 Å². The van der Waals surface area contributed by atoms with Crippen molar-refractivity contribution in [2.45, 2.75) is 35.9 Å². The van der Waals surface area contributed by atoms with E-state index in [1.165, 1.54) is 10.5 Å². The van der Waals surface area contributed by atoms with Gasteiger partial charge in [0.05, 0.1) is 0 Å². The molecule has 0 amide bonds. The minimum absolute atomic E-state index is 0.235. The van der Waals surface area contributed by atoms with Gasteiger partial charge in [0.25, 0.3) is 0 Å². The van der Waals surface area contributed by atoms with Gasteiger partial charge in [0.1, 0.15) is 4.84 Å². The van der Waals surface area contributed by atoms with Gasteiger partial charge in [-0.2, -0.15) is 0 Å². The van der Waals surface area contributed by atoms with Crippen molar-refractivity contribution in [3.8, 4) is 0 Å². The third-order valence-corrected chi connectivity index (χ3v) is 4.12. The van der Waals surface area contributed by atoms with Crippen LogP contribution in [0.5, 0.6) is 0 Å². The Bertz CT molecular complexity index is 371. The maximum atomic E-state index is 5.84. The summed E-state index contributed by atoms with van der Waals surface area (Å²) in [5, 5.41) is 0.780. The Morgan fingerprint density at radius 3 is 2.56 bits per heavy atom. The molecule has 0 spiro atoms. The molecule has 0 fully saturated rings. The Morgan fingerprint density at radius 2 is 1.94 bits per heavy atom. The number of halogens is 3. The van der Waals surface area contributed by atoms with Crippen LogP contribution < -0.4 is 0 Å². The van der Waals surface area contributed by atoms with E-state index in [4.69, 9.17) is 34.8 Å². The zero-order valence-corrected chi connectivity index (χ0v) is 13.4. The predicted octanol–water partition coefficient (Wildman–Crippen LogP) is 6.35. The summed E-state index contributed by atoms with van der Waals surface area (Å²) in [5.41, 5.74) is 1.39. The molecular formula is C14H17Cl3S. The zero-order chi connectivity index (χ0) is 13.4. The average molecular weight is 324 g/mol. The van der Waals surface area contributed by atoms with Crippen molar-refractivity contribution >= 4 is 46.6 Å². The first kappa shape index (κ1) is 16.2. The number of benzene rings is 1. The molecule has 1 rings (SSSR count). The highest BCUT2D eigenvalue weighted by molar-refractivity contribution is 7.99. The van der Waals surface area contributed by atoms with Crippen molar-refractivity contribution in [1.29, 1.82) is 0 Å². The molecule has 100 valence electrons. The third kappa shape index (κ3) is 7.58. The molecule has 0 aromatic heterocycles. The van der Waals surface area contributed by atoms with Gasteiger partial charge in [-0.05, 0) is 50.5 Å². The van der Waals surface area contributed by atoms with Crippen LogP contribution in [0.25, 0.3) is 0 Å². The SMILES string of the molecule is CC(=CCSc1ccc(Cl)cc1)CCCC(Cl)Cl. The fourth-order valence-corrected chi connectivity index (χ4v) is 2.77. The van der Waals surface area contributed by atoms with Crippen molar-refractivity contribution in [3.05, 3.63) is 40.9 Å². The van der Waals surface area contributed by atoms with Crippen molar-refractivity contribution < 1.29 is 0 Å². The first-order chi connectivity index (χ1) is 8.58. The molecule has 0 heterocycles. The number of thioether (sulfide) groups is 1. The van der Waals surface area contributed by atoms with Crippen LogP contribution in [0.2, 0.25) is 5.02 Å². The van der Waals surface area contributed by atoms with E-state index in [1.807, 2.05) is 36.0 Å². The van der Waals surface area contributed by atoms with Crippen LogP contribution in [0, 0.1) is 0 Å². The van der Waals surface area contributed by atoms with Gasteiger partial charge in [0, 0.05) is 15.7 Å². The number of allylic oxidation sites excluding steroid dienone is 1. The van der Waals surface area contributed by atoms with Crippen LogP contribution >= 0.6 is 46.6 Å². The molecule has 0 N–H and O–H groups in total. The average Bonchev–Trinajstić information content (AvgIpc) is 2.31. The molecule has 0 unspecified atom stereocenters. The summed E-state index contributed by atoms with van der Waals surface area (Å²) < 4.78 is 0. The highest BCUT2D eigenvalue weighted by Crippen LogP contribution is 2.21. The first-order valence-electron chi connectivity index (χ1n) is 5.90. The summed E-state index contributed by atoms with van der Waals surface area (Å²) in [7, 11) is 0. The van der Waals surface area contributed by atoms with Crippen LogP contribution in [0.4, 0.5) is 0 Å². The lowest BCUT2D eigenvalue weighted by atomic mass is 10.1. The van der Waals surface area contributed by atoms with Crippen LogP contribution in [-0.4, -0.2) is 10.6 Å². The van der Waals surface area contributed by atoms with Gasteiger partial charge in [-0.25, -0.2) is 0 Å². The summed E-state index contributed by atoms with van der Waals surface area (Å²) in [4.78, 5) is 1.01. The molecule has 1 aromatic carbocycles. The molecule has 0 bridgehead atoms. The van der Waals surface area contributed by atoms with E-state index in [1.54, 1.807) is 0 Å². The predicted molar refractivity (Wildman–Crippen MR) is 85.3 cm³/mol. The Kier molecular flexibility index (Phi) is 8.25. The van der Waals surface area contributed by atoms with Crippen molar-refractivity contribution in [1.82, 2.24) is 0 Å². The maximum Gasteiger partial charge on any atom is 0.107 e. The molecular weight excluding hydrogens is 307 g/mol. The Balaban J connectivity index is 2.24. The molecule has 4 heteroatoms. The normalized spacial score (nSPS) is 12.2. The van der Waals surface area contributed by atoms with E-state index < -0.39 is 0 Å². The fourth-order valence-electron chi connectivity index (χ4n) is 1.45. The van der Waals surface area contributed by atoms with Gasteiger partial charge < -0.3 is 0 Å². The summed E-state index contributed by atoms with van der Waals surface area (Å²) in [5.74, 6) is 0.985. The highest BCUT2D eigenvalue weighted by Gasteiger charge is 1.99. The zero-order valence-electron chi connectivity index (χ0n) is 10.3. The van der Waals surface area contributed by atoms with Gasteiger partial charge in [0.2, 0.25) is 0 Å². The van der Waals surface area contributed by atoms with E-state index in [0.29, 0.717) is 0 Å². The quantitative estimate of drug-likeness (QED) is 0.320. The summed E-state index contributed by atoms with van der Waals surface area (Å²) in [6.45, 7) is 2.15. The smallest absolute Gasteiger partial charge is 0.107 e. The second kappa shape index (κ2) is 9.14. The number of rotatable bonds is 7. The molecule has 0 aliphatic heterocycles. The topological polar surface area (TPSA) is 0 Å². The van der Waals surface area contributed by atoms with Gasteiger partial charge in [-0.1, -0.05) is 23.3 Å². The molecule has 0 radical (unpaired) electrons. The molecule has 1 aromatic rings. The van der Waals surface area contributed by atoms with Crippen LogP contribution in [0.1, 0.15) is 26.2 Å². The minimum atomic E-state index is -0.235. The Morgan fingerprint density at radius 1 is 1.28 bits per heavy atom. The van der Waals surface area contributed by atoms with E-state index in [-0.39, 0.29) is 4.84 Å². The molecule has 0 aliphatic carbocycles. The van der Waals surface area contributed by atoms with Gasteiger partial charge in [-0.3, -0.25) is 0 Å². The summed E-state index contributed by atoms with van der Waals surface area (Å²) >= 11 is 19.0. The lowest BCUT2D eigenvalue weighted by Crippen LogP contribution is -1.88. The Labute approximate surface area is 129 Å².